The van der Waals surface area contributed by atoms with Crippen LogP contribution in [0.2, 0.25) is 10.0 Å². The lowest BCUT2D eigenvalue weighted by Gasteiger charge is -2.33. The van der Waals surface area contributed by atoms with Gasteiger partial charge >= 0.3 is 0 Å². The second-order valence-corrected chi connectivity index (χ2v) is 13.0. The molecule has 0 aliphatic rings. The van der Waals surface area contributed by atoms with Gasteiger partial charge in [-0.05, 0) is 75.2 Å². The smallest absolute Gasteiger partial charge is 0.273 e. The number of methoxy groups -OCH3 is 1. The van der Waals surface area contributed by atoms with Gasteiger partial charge in [0.15, 0.2) is 0 Å². The Labute approximate surface area is 266 Å². The Kier molecular flexibility index (Phi) is 11.6. The molecule has 0 fully saturated rings. The maximum atomic E-state index is 14.2. The first-order valence-electron chi connectivity index (χ1n) is 13.6. The van der Waals surface area contributed by atoms with Crippen LogP contribution in [0, 0.1) is 17.0 Å². The number of nitro benzene ring substituents is 1. The van der Waals surface area contributed by atoms with E-state index in [9.17, 15) is 28.1 Å². The minimum atomic E-state index is -4.54. The van der Waals surface area contributed by atoms with Crippen molar-refractivity contribution in [3.63, 3.8) is 0 Å². The van der Waals surface area contributed by atoms with Gasteiger partial charge in [-0.3, -0.25) is 24.0 Å². The fourth-order valence-electron chi connectivity index (χ4n) is 4.48. The normalized spacial score (nSPS) is 12.0. The quantitative estimate of drug-likeness (QED) is 0.181. The van der Waals surface area contributed by atoms with E-state index in [4.69, 9.17) is 27.9 Å². The van der Waals surface area contributed by atoms with E-state index < -0.39 is 39.3 Å². The summed E-state index contributed by atoms with van der Waals surface area (Å²) in [7, 11) is -3.09. The fourth-order valence-corrected chi connectivity index (χ4v) is 6.39. The van der Waals surface area contributed by atoms with E-state index in [0.717, 1.165) is 10.4 Å². The number of carbonyl (C=O) groups excluding carboxylic acids is 2. The highest BCUT2D eigenvalue weighted by Gasteiger charge is 2.35. The fraction of sp³-hybridized carbons (Fsp3) is 0.333. The molecule has 3 aromatic rings. The van der Waals surface area contributed by atoms with Gasteiger partial charge in [-0.15, -0.1) is 0 Å². The molecule has 0 saturated heterocycles. The van der Waals surface area contributed by atoms with Crippen molar-refractivity contribution in [2.45, 2.75) is 57.6 Å². The lowest BCUT2D eigenvalue weighted by atomic mass is 10.1. The van der Waals surface area contributed by atoms with Crippen LogP contribution in [-0.4, -0.2) is 55.8 Å². The summed E-state index contributed by atoms with van der Waals surface area (Å²) in [4.78, 5) is 39.3. The molecule has 236 valence electrons. The Morgan fingerprint density at radius 2 is 1.70 bits per heavy atom. The maximum absolute atomic E-state index is 14.2. The van der Waals surface area contributed by atoms with Crippen molar-refractivity contribution in [2.75, 3.05) is 18.0 Å². The number of anilines is 1. The minimum Gasteiger partial charge on any atom is -0.497 e. The van der Waals surface area contributed by atoms with Crippen molar-refractivity contribution >= 4 is 56.4 Å². The van der Waals surface area contributed by atoms with E-state index in [0.29, 0.717) is 16.3 Å². The van der Waals surface area contributed by atoms with Gasteiger partial charge in [0.1, 0.15) is 18.3 Å². The van der Waals surface area contributed by atoms with Crippen LogP contribution < -0.4 is 14.4 Å². The van der Waals surface area contributed by atoms with Crippen LogP contribution in [0.1, 0.15) is 38.3 Å². The molecular weight excluding hydrogens is 631 g/mol. The standard InChI is InChI=1S/C30H34Cl2N4O7S/c1-6-27(30(38)33-19(2)3)34(17-21-8-9-22(31)15-26(21)32)29(37)18-35(23-10-12-24(43-5)13-11-23)44(41,42)25-14-7-20(4)28(16-25)36(39)40/h7-16,19,27H,6,17-18H2,1-5H3,(H,33,38)/t27-/m1/s1. The topological polar surface area (TPSA) is 139 Å². The van der Waals surface area contributed by atoms with Crippen LogP contribution in [0.4, 0.5) is 11.4 Å². The molecule has 14 heteroatoms. The summed E-state index contributed by atoms with van der Waals surface area (Å²) < 4.78 is 34.2. The Hall–Kier alpha value is -3.87. The Morgan fingerprint density at radius 3 is 2.25 bits per heavy atom. The highest BCUT2D eigenvalue weighted by atomic mass is 35.5. The molecule has 0 radical (unpaired) electrons. The van der Waals surface area contributed by atoms with Gasteiger partial charge in [0.25, 0.3) is 15.7 Å². The molecule has 0 heterocycles. The molecule has 0 aromatic heterocycles. The third-order valence-electron chi connectivity index (χ3n) is 6.78. The number of nitrogens with one attached hydrogen (secondary N) is 1. The zero-order valence-electron chi connectivity index (χ0n) is 24.9. The van der Waals surface area contributed by atoms with Crippen molar-refractivity contribution in [3.05, 3.63) is 92.0 Å². The number of sulfonamides is 1. The predicted molar refractivity (Wildman–Crippen MR) is 170 cm³/mol. The molecule has 0 aliphatic heterocycles. The molecule has 2 amide bonds. The summed E-state index contributed by atoms with van der Waals surface area (Å²) in [5.74, 6) is -0.685. The largest absolute Gasteiger partial charge is 0.497 e. The van der Waals surface area contributed by atoms with Gasteiger partial charge in [-0.1, -0.05) is 42.3 Å². The van der Waals surface area contributed by atoms with Crippen molar-refractivity contribution in [2.24, 2.45) is 0 Å². The van der Waals surface area contributed by atoms with Crippen LogP contribution in [-0.2, 0) is 26.2 Å². The first-order valence-corrected chi connectivity index (χ1v) is 15.8. The number of benzene rings is 3. The van der Waals surface area contributed by atoms with E-state index >= 15 is 0 Å². The summed E-state index contributed by atoms with van der Waals surface area (Å²) in [5, 5.41) is 15.1. The second kappa shape index (κ2) is 14.7. The van der Waals surface area contributed by atoms with Gasteiger partial charge in [0, 0.05) is 34.3 Å². The number of hydrogen-bond donors (Lipinski definition) is 1. The molecule has 1 N–H and O–H groups in total. The van der Waals surface area contributed by atoms with Crippen molar-refractivity contribution in [3.8, 4) is 5.75 Å². The number of halogens is 2. The molecule has 0 bridgehead atoms. The summed E-state index contributed by atoms with van der Waals surface area (Å²) in [6.07, 6.45) is 0.217. The zero-order chi connectivity index (χ0) is 32.8. The van der Waals surface area contributed by atoms with Crippen molar-refractivity contribution < 1.29 is 27.7 Å². The number of nitro groups is 1. The Bertz CT molecular complexity index is 1630. The first-order chi connectivity index (χ1) is 20.7. The minimum absolute atomic E-state index is 0.103. The highest BCUT2D eigenvalue weighted by Crippen LogP contribution is 2.30. The van der Waals surface area contributed by atoms with Crippen LogP contribution in [0.3, 0.4) is 0 Å². The number of carbonyl (C=O) groups is 2. The van der Waals surface area contributed by atoms with Gasteiger partial charge in [0.2, 0.25) is 11.8 Å². The summed E-state index contributed by atoms with van der Waals surface area (Å²) in [6, 6.07) is 13.0. The molecule has 3 aromatic carbocycles. The van der Waals surface area contributed by atoms with Gasteiger partial charge in [0.05, 0.1) is 22.6 Å². The van der Waals surface area contributed by atoms with Gasteiger partial charge in [-0.2, -0.15) is 0 Å². The first kappa shape index (κ1) is 34.6. The van der Waals surface area contributed by atoms with E-state index in [1.807, 2.05) is 0 Å². The summed E-state index contributed by atoms with van der Waals surface area (Å²) in [6.45, 7) is 5.94. The van der Waals surface area contributed by atoms with Gasteiger partial charge in [-0.25, -0.2) is 8.42 Å². The van der Waals surface area contributed by atoms with Crippen LogP contribution >= 0.6 is 23.2 Å². The number of hydrogen-bond acceptors (Lipinski definition) is 7. The van der Waals surface area contributed by atoms with E-state index in [2.05, 4.69) is 5.32 Å². The number of nitrogens with zero attached hydrogens (tertiary/aromatic N) is 3. The van der Waals surface area contributed by atoms with E-state index in [1.54, 1.807) is 32.9 Å². The molecule has 44 heavy (non-hydrogen) atoms. The summed E-state index contributed by atoms with van der Waals surface area (Å²) >= 11 is 12.5. The zero-order valence-corrected chi connectivity index (χ0v) is 27.2. The van der Waals surface area contributed by atoms with Crippen molar-refractivity contribution in [1.29, 1.82) is 0 Å². The van der Waals surface area contributed by atoms with E-state index in [-0.39, 0.29) is 45.9 Å². The molecule has 1 atom stereocenters. The lowest BCUT2D eigenvalue weighted by molar-refractivity contribution is -0.385. The van der Waals surface area contributed by atoms with E-state index in [1.165, 1.54) is 61.4 Å². The van der Waals surface area contributed by atoms with Crippen LogP contribution in [0.5, 0.6) is 5.75 Å². The molecular formula is C30H34Cl2N4O7S. The lowest BCUT2D eigenvalue weighted by Crippen LogP contribution is -2.53. The third-order valence-corrected chi connectivity index (χ3v) is 9.13. The molecule has 0 spiro atoms. The SMILES string of the molecule is CC[C@H](C(=O)NC(C)C)N(Cc1ccc(Cl)cc1Cl)C(=O)CN(c1ccc(OC)cc1)S(=O)(=O)c1ccc(C)c([N+](=O)[O-])c1. The predicted octanol–water partition coefficient (Wildman–Crippen LogP) is 5.75. The Balaban J connectivity index is 2.14. The van der Waals surface area contributed by atoms with Gasteiger partial charge < -0.3 is 15.0 Å². The summed E-state index contributed by atoms with van der Waals surface area (Å²) in [5.41, 5.74) is 0.483. The molecule has 11 nitrogen and oxygen atoms in total. The number of aryl methyl sites for hydroxylation is 1. The molecule has 0 saturated carbocycles. The second-order valence-electron chi connectivity index (χ2n) is 10.3. The third kappa shape index (κ3) is 8.19. The number of amides is 2. The highest BCUT2D eigenvalue weighted by molar-refractivity contribution is 7.92. The average Bonchev–Trinajstić information content (AvgIpc) is 2.96. The number of ether oxygens (including phenoxy) is 1. The molecule has 0 unspecified atom stereocenters. The molecule has 0 aliphatic carbocycles. The monoisotopic (exact) mass is 664 g/mol. The average molecular weight is 666 g/mol. The van der Waals surface area contributed by atoms with Crippen LogP contribution in [0.25, 0.3) is 0 Å². The number of rotatable bonds is 13. The molecule has 3 rings (SSSR count). The maximum Gasteiger partial charge on any atom is 0.273 e. The van der Waals surface area contributed by atoms with Crippen LogP contribution in [0.15, 0.2) is 65.6 Å². The van der Waals surface area contributed by atoms with Crippen molar-refractivity contribution in [1.82, 2.24) is 10.2 Å². The Morgan fingerprint density at radius 1 is 1.05 bits per heavy atom.